The molecule has 0 aliphatic rings. The molecule has 0 aliphatic heterocycles. The molecule has 0 aromatic heterocycles. The van der Waals surface area contributed by atoms with Crippen molar-refractivity contribution in [1.29, 1.82) is 0 Å². The quantitative estimate of drug-likeness (QED) is 0.387. The minimum Gasteiger partial charge on any atom is -0.481 e. The third kappa shape index (κ3) is 14.9. The van der Waals surface area contributed by atoms with Gasteiger partial charge in [-0.2, -0.15) is 0 Å². The molecule has 0 rings (SSSR count). The molecule has 0 saturated heterocycles. The zero-order valence-corrected chi connectivity index (χ0v) is 11.7. The number of carbonyl (C=O) groups is 1. The van der Waals surface area contributed by atoms with Gasteiger partial charge >= 0.3 is 5.97 Å². The van der Waals surface area contributed by atoms with Crippen molar-refractivity contribution in [2.45, 2.75) is 71.1 Å². The number of allylic oxidation sites excluding steroid dienone is 4. The lowest BCUT2D eigenvalue weighted by atomic mass is 10.1. The summed E-state index contributed by atoms with van der Waals surface area (Å²) in [6, 6.07) is 0. The van der Waals surface area contributed by atoms with Crippen LogP contribution in [0.25, 0.3) is 0 Å². The Morgan fingerprint density at radius 2 is 1.44 bits per heavy atom. The van der Waals surface area contributed by atoms with Gasteiger partial charge in [0.05, 0.1) is 0 Å². The minimum absolute atomic E-state index is 0.329. The Labute approximate surface area is 112 Å². The summed E-state index contributed by atoms with van der Waals surface area (Å²) in [4.78, 5) is 10.3. The molecule has 0 heterocycles. The first-order valence-corrected chi connectivity index (χ1v) is 7.30. The summed E-state index contributed by atoms with van der Waals surface area (Å²) in [5.41, 5.74) is 0. The van der Waals surface area contributed by atoms with Crippen LogP contribution in [0.2, 0.25) is 0 Å². The van der Waals surface area contributed by atoms with E-state index in [1.807, 2.05) is 0 Å². The maximum Gasteiger partial charge on any atom is 0.303 e. The maximum absolute atomic E-state index is 10.3. The molecular formula is C16H28O2. The van der Waals surface area contributed by atoms with E-state index in [2.05, 4.69) is 31.2 Å². The van der Waals surface area contributed by atoms with Gasteiger partial charge in [0, 0.05) is 6.42 Å². The molecule has 0 saturated carbocycles. The van der Waals surface area contributed by atoms with Gasteiger partial charge in [0.25, 0.3) is 0 Å². The average molecular weight is 252 g/mol. The fraction of sp³-hybridized carbons (Fsp3) is 0.688. The maximum atomic E-state index is 10.3. The molecule has 2 heteroatoms. The van der Waals surface area contributed by atoms with Crippen LogP contribution in [0.3, 0.4) is 0 Å². The van der Waals surface area contributed by atoms with E-state index in [0.29, 0.717) is 6.42 Å². The summed E-state index contributed by atoms with van der Waals surface area (Å²) in [5, 5.41) is 8.48. The first-order chi connectivity index (χ1) is 8.77. The van der Waals surface area contributed by atoms with Gasteiger partial charge in [0.2, 0.25) is 0 Å². The normalized spacial score (nSPS) is 11.6. The van der Waals surface area contributed by atoms with Gasteiger partial charge in [-0.1, -0.05) is 63.3 Å². The molecule has 0 aromatic carbocycles. The van der Waals surface area contributed by atoms with Crippen LogP contribution in [0.5, 0.6) is 0 Å². The highest BCUT2D eigenvalue weighted by Gasteiger charge is 1.96. The first-order valence-electron chi connectivity index (χ1n) is 7.30. The predicted molar refractivity (Wildman–Crippen MR) is 77.8 cm³/mol. The molecule has 0 spiro atoms. The van der Waals surface area contributed by atoms with E-state index in [4.69, 9.17) is 5.11 Å². The average Bonchev–Trinajstić information content (AvgIpc) is 2.34. The highest BCUT2D eigenvalue weighted by atomic mass is 16.4. The van der Waals surface area contributed by atoms with Crippen molar-refractivity contribution >= 4 is 5.97 Å². The molecule has 1 N–H and O–H groups in total. The van der Waals surface area contributed by atoms with Crippen molar-refractivity contribution in [2.75, 3.05) is 0 Å². The molecule has 0 atom stereocenters. The monoisotopic (exact) mass is 252 g/mol. The molecule has 18 heavy (non-hydrogen) atoms. The highest BCUT2D eigenvalue weighted by Crippen LogP contribution is 2.09. The van der Waals surface area contributed by atoms with Crippen LogP contribution in [0.1, 0.15) is 71.1 Å². The van der Waals surface area contributed by atoms with Crippen molar-refractivity contribution < 1.29 is 9.90 Å². The third-order valence-electron chi connectivity index (χ3n) is 2.88. The Balaban J connectivity index is 3.09. The van der Waals surface area contributed by atoms with Crippen LogP contribution in [0, 0.1) is 0 Å². The van der Waals surface area contributed by atoms with Gasteiger partial charge in [-0.3, -0.25) is 4.79 Å². The van der Waals surface area contributed by atoms with E-state index in [-0.39, 0.29) is 0 Å². The largest absolute Gasteiger partial charge is 0.481 e. The van der Waals surface area contributed by atoms with E-state index in [0.717, 1.165) is 19.3 Å². The number of hydrogen-bond donors (Lipinski definition) is 1. The van der Waals surface area contributed by atoms with Crippen LogP contribution in [0.4, 0.5) is 0 Å². The Morgan fingerprint density at radius 3 is 2.06 bits per heavy atom. The number of carboxylic acids is 1. The summed E-state index contributed by atoms with van der Waals surface area (Å²) >= 11 is 0. The SMILES string of the molecule is CCC=C/C=C/CCCCCCCCCC(=O)O. The molecule has 0 aromatic rings. The molecular weight excluding hydrogens is 224 g/mol. The van der Waals surface area contributed by atoms with E-state index in [1.165, 1.54) is 38.5 Å². The Kier molecular flexibility index (Phi) is 13.2. The number of unbranched alkanes of at least 4 members (excludes halogenated alkanes) is 7. The molecule has 0 bridgehead atoms. The summed E-state index contributed by atoms with van der Waals surface area (Å²) in [7, 11) is 0. The fourth-order valence-electron chi connectivity index (χ4n) is 1.81. The Morgan fingerprint density at radius 1 is 0.889 bits per heavy atom. The fourth-order valence-corrected chi connectivity index (χ4v) is 1.81. The predicted octanol–water partition coefficient (Wildman–Crippen LogP) is 5.10. The zero-order chi connectivity index (χ0) is 13.5. The molecule has 0 amide bonds. The first kappa shape index (κ1) is 16.9. The molecule has 2 nitrogen and oxygen atoms in total. The van der Waals surface area contributed by atoms with E-state index >= 15 is 0 Å². The second-order valence-corrected chi connectivity index (χ2v) is 4.67. The Hall–Kier alpha value is -1.05. The lowest BCUT2D eigenvalue weighted by Crippen LogP contribution is -1.93. The van der Waals surface area contributed by atoms with Crippen molar-refractivity contribution in [3.63, 3.8) is 0 Å². The van der Waals surface area contributed by atoms with Crippen LogP contribution in [-0.4, -0.2) is 11.1 Å². The van der Waals surface area contributed by atoms with Crippen molar-refractivity contribution in [1.82, 2.24) is 0 Å². The molecule has 0 aliphatic carbocycles. The van der Waals surface area contributed by atoms with Crippen molar-refractivity contribution in [3.05, 3.63) is 24.3 Å². The second kappa shape index (κ2) is 14.0. The second-order valence-electron chi connectivity index (χ2n) is 4.67. The van der Waals surface area contributed by atoms with Crippen LogP contribution < -0.4 is 0 Å². The van der Waals surface area contributed by atoms with Gasteiger partial charge in [-0.25, -0.2) is 0 Å². The van der Waals surface area contributed by atoms with E-state index in [1.54, 1.807) is 0 Å². The Bertz CT molecular complexity index is 241. The number of carboxylic acid groups (broad SMARTS) is 1. The highest BCUT2D eigenvalue weighted by molar-refractivity contribution is 5.66. The topological polar surface area (TPSA) is 37.3 Å². The van der Waals surface area contributed by atoms with Gasteiger partial charge in [0.1, 0.15) is 0 Å². The van der Waals surface area contributed by atoms with E-state index in [9.17, 15) is 4.79 Å². The van der Waals surface area contributed by atoms with Crippen molar-refractivity contribution in [3.8, 4) is 0 Å². The summed E-state index contributed by atoms with van der Waals surface area (Å²) in [6.45, 7) is 2.14. The third-order valence-corrected chi connectivity index (χ3v) is 2.88. The number of aliphatic carboxylic acids is 1. The standard InChI is InChI=1S/C16H28O2/c1-2-3-4-5-6-7-8-9-10-11-12-13-14-15-16(17)18/h3-6H,2,7-15H2,1H3,(H,17,18)/b4-3?,6-5+. The summed E-state index contributed by atoms with van der Waals surface area (Å²) in [5.74, 6) is -0.668. The van der Waals surface area contributed by atoms with E-state index < -0.39 is 5.97 Å². The molecule has 104 valence electrons. The van der Waals surface area contributed by atoms with Gasteiger partial charge in [-0.15, -0.1) is 0 Å². The van der Waals surface area contributed by atoms with Gasteiger partial charge in [0.15, 0.2) is 0 Å². The molecule has 0 unspecified atom stereocenters. The number of hydrogen-bond acceptors (Lipinski definition) is 1. The van der Waals surface area contributed by atoms with Crippen molar-refractivity contribution in [2.24, 2.45) is 0 Å². The number of rotatable bonds is 12. The lowest BCUT2D eigenvalue weighted by molar-refractivity contribution is -0.137. The van der Waals surface area contributed by atoms with Crippen LogP contribution in [0.15, 0.2) is 24.3 Å². The van der Waals surface area contributed by atoms with Gasteiger partial charge < -0.3 is 5.11 Å². The van der Waals surface area contributed by atoms with Gasteiger partial charge in [-0.05, 0) is 25.7 Å². The molecule has 0 radical (unpaired) electrons. The minimum atomic E-state index is -0.668. The summed E-state index contributed by atoms with van der Waals surface area (Å²) in [6.07, 6.45) is 19.4. The smallest absolute Gasteiger partial charge is 0.303 e. The summed E-state index contributed by atoms with van der Waals surface area (Å²) < 4.78 is 0. The lowest BCUT2D eigenvalue weighted by Gasteiger charge is -1.99. The van der Waals surface area contributed by atoms with Crippen LogP contribution >= 0.6 is 0 Å². The van der Waals surface area contributed by atoms with Crippen LogP contribution in [-0.2, 0) is 4.79 Å². The molecule has 0 fully saturated rings. The zero-order valence-electron chi connectivity index (χ0n) is 11.7.